The molecule has 0 aliphatic carbocycles. The first-order valence-corrected chi connectivity index (χ1v) is 8.72. The number of hydrogen-bond acceptors (Lipinski definition) is 2. The Hall–Kier alpha value is -0.790. The van der Waals surface area contributed by atoms with E-state index in [9.17, 15) is 4.79 Å². The molecule has 0 saturated heterocycles. The third-order valence-corrected chi connectivity index (χ3v) is 4.02. The van der Waals surface area contributed by atoms with E-state index in [1.807, 2.05) is 6.08 Å². The number of rotatable bonds is 13. The molecule has 0 aromatic carbocycles. The molecule has 0 aromatic heterocycles. The zero-order valence-electron chi connectivity index (χ0n) is 13.3. The van der Waals surface area contributed by atoms with Gasteiger partial charge in [0.1, 0.15) is 5.76 Å². The Morgan fingerprint density at radius 2 is 1.35 bits per heavy atom. The summed E-state index contributed by atoms with van der Waals surface area (Å²) in [5.74, 6) is 0.820. The second-order valence-corrected chi connectivity index (χ2v) is 5.99. The fraction of sp³-hybridized carbons (Fsp3) is 0.833. The van der Waals surface area contributed by atoms with Gasteiger partial charge < -0.3 is 4.74 Å². The number of carbonyl (C=O) groups excluding carboxylic acids is 1. The van der Waals surface area contributed by atoms with Crippen molar-refractivity contribution in [2.45, 2.75) is 96.8 Å². The molecule has 0 atom stereocenters. The van der Waals surface area contributed by atoms with E-state index < -0.39 is 0 Å². The largest absolute Gasteiger partial charge is 0.431 e. The predicted octanol–water partition coefficient (Wildman–Crippen LogP) is 5.91. The van der Waals surface area contributed by atoms with Crippen LogP contribution in [0.1, 0.15) is 96.8 Å². The Balaban J connectivity index is 1.73. The fourth-order valence-corrected chi connectivity index (χ4v) is 2.72. The number of unbranched alkanes of at least 4 members (excludes halogenated alkanes) is 11. The quantitative estimate of drug-likeness (QED) is 0.310. The molecule has 116 valence electrons. The van der Waals surface area contributed by atoms with E-state index in [1.165, 1.54) is 70.6 Å². The van der Waals surface area contributed by atoms with Crippen molar-refractivity contribution < 1.29 is 9.53 Å². The summed E-state index contributed by atoms with van der Waals surface area (Å²) >= 11 is 0. The molecule has 0 unspecified atom stereocenters. The van der Waals surface area contributed by atoms with Gasteiger partial charge in [-0.3, -0.25) is 4.79 Å². The number of esters is 1. The number of hydrogen-bond donors (Lipinski definition) is 0. The summed E-state index contributed by atoms with van der Waals surface area (Å²) in [6.45, 7) is 2.27. The predicted molar refractivity (Wildman–Crippen MR) is 84.5 cm³/mol. The molecule has 0 fully saturated rings. The van der Waals surface area contributed by atoms with Crippen LogP contribution >= 0.6 is 0 Å². The molecule has 1 heterocycles. The summed E-state index contributed by atoms with van der Waals surface area (Å²) < 4.78 is 5.08. The number of ether oxygens (including phenoxy) is 1. The molecule has 2 heteroatoms. The Labute approximate surface area is 125 Å². The third kappa shape index (κ3) is 9.17. The monoisotopic (exact) mass is 280 g/mol. The summed E-state index contributed by atoms with van der Waals surface area (Å²) in [6.07, 6.45) is 19.8. The Bertz CT molecular complexity index is 281. The third-order valence-electron chi connectivity index (χ3n) is 4.02. The minimum Gasteiger partial charge on any atom is -0.431 e. The van der Waals surface area contributed by atoms with Gasteiger partial charge in [-0.05, 0) is 12.5 Å². The lowest BCUT2D eigenvalue weighted by atomic mass is 10.0. The van der Waals surface area contributed by atoms with Crippen molar-refractivity contribution >= 4 is 5.97 Å². The van der Waals surface area contributed by atoms with Gasteiger partial charge in [-0.1, -0.05) is 77.6 Å². The molecule has 1 aliphatic rings. The van der Waals surface area contributed by atoms with Gasteiger partial charge in [0.15, 0.2) is 0 Å². The molecule has 0 aromatic rings. The molecule has 0 saturated carbocycles. The standard InChI is InChI=1S/C18H32O2/c1-2-3-4-5-6-7-8-9-10-11-12-13-14-17-15-16-18(19)20-17/h15H,2-14,16H2,1H3. The lowest BCUT2D eigenvalue weighted by molar-refractivity contribution is -0.136. The number of cyclic esters (lactones) is 1. The zero-order valence-corrected chi connectivity index (χ0v) is 13.3. The molecule has 1 rings (SSSR count). The molecule has 20 heavy (non-hydrogen) atoms. The van der Waals surface area contributed by atoms with Crippen LogP contribution in [0.15, 0.2) is 11.8 Å². The highest BCUT2D eigenvalue weighted by Crippen LogP contribution is 2.18. The summed E-state index contributed by atoms with van der Waals surface area (Å²) in [7, 11) is 0. The zero-order chi connectivity index (χ0) is 14.5. The highest BCUT2D eigenvalue weighted by Gasteiger charge is 2.12. The molecule has 0 N–H and O–H groups in total. The molecule has 0 radical (unpaired) electrons. The highest BCUT2D eigenvalue weighted by molar-refractivity contribution is 5.75. The molecular weight excluding hydrogens is 248 g/mol. The van der Waals surface area contributed by atoms with E-state index in [1.54, 1.807) is 0 Å². The number of allylic oxidation sites excluding steroid dienone is 1. The second-order valence-electron chi connectivity index (χ2n) is 5.99. The average Bonchev–Trinajstić information content (AvgIpc) is 2.86. The van der Waals surface area contributed by atoms with E-state index >= 15 is 0 Å². The van der Waals surface area contributed by atoms with Gasteiger partial charge in [0, 0.05) is 6.42 Å². The van der Waals surface area contributed by atoms with Crippen LogP contribution in [0.25, 0.3) is 0 Å². The first-order valence-electron chi connectivity index (χ1n) is 8.72. The number of carbonyl (C=O) groups is 1. The Kier molecular flexibility index (Phi) is 10.3. The topological polar surface area (TPSA) is 26.3 Å². The molecule has 2 nitrogen and oxygen atoms in total. The minimum atomic E-state index is -0.0843. The van der Waals surface area contributed by atoms with Crippen LogP contribution in [0, 0.1) is 0 Å². The second kappa shape index (κ2) is 12.0. The van der Waals surface area contributed by atoms with Gasteiger partial charge in [0.2, 0.25) is 0 Å². The SMILES string of the molecule is CCCCCCCCCCCCCCC1=CCC(=O)O1. The maximum Gasteiger partial charge on any atom is 0.314 e. The van der Waals surface area contributed by atoms with Gasteiger partial charge in [-0.25, -0.2) is 0 Å². The van der Waals surface area contributed by atoms with E-state index in [2.05, 4.69) is 6.92 Å². The Morgan fingerprint density at radius 3 is 1.80 bits per heavy atom. The first-order chi connectivity index (χ1) is 9.83. The van der Waals surface area contributed by atoms with E-state index in [0.717, 1.165) is 18.6 Å². The van der Waals surface area contributed by atoms with Gasteiger partial charge >= 0.3 is 5.97 Å². The van der Waals surface area contributed by atoms with Crippen LogP contribution in [-0.2, 0) is 9.53 Å². The molecule has 1 aliphatic heterocycles. The first kappa shape index (κ1) is 17.3. The molecular formula is C18H32O2. The van der Waals surface area contributed by atoms with E-state index in [4.69, 9.17) is 4.74 Å². The summed E-state index contributed by atoms with van der Waals surface area (Å²) in [5, 5.41) is 0. The van der Waals surface area contributed by atoms with Crippen LogP contribution < -0.4 is 0 Å². The van der Waals surface area contributed by atoms with Crippen molar-refractivity contribution in [2.75, 3.05) is 0 Å². The smallest absolute Gasteiger partial charge is 0.314 e. The maximum absolute atomic E-state index is 10.9. The average molecular weight is 280 g/mol. The molecule has 0 amide bonds. The van der Waals surface area contributed by atoms with Crippen LogP contribution in [0.4, 0.5) is 0 Å². The van der Waals surface area contributed by atoms with Gasteiger partial charge in [-0.15, -0.1) is 0 Å². The van der Waals surface area contributed by atoms with Crippen LogP contribution in [0.2, 0.25) is 0 Å². The van der Waals surface area contributed by atoms with Crippen molar-refractivity contribution in [3.8, 4) is 0 Å². The highest BCUT2D eigenvalue weighted by atomic mass is 16.5. The Morgan fingerprint density at radius 1 is 0.850 bits per heavy atom. The van der Waals surface area contributed by atoms with E-state index in [0.29, 0.717) is 6.42 Å². The fourth-order valence-electron chi connectivity index (χ4n) is 2.72. The lowest BCUT2D eigenvalue weighted by Crippen LogP contribution is -1.93. The summed E-state index contributed by atoms with van der Waals surface area (Å²) in [5.41, 5.74) is 0. The van der Waals surface area contributed by atoms with Gasteiger partial charge in [0.05, 0.1) is 6.42 Å². The summed E-state index contributed by atoms with van der Waals surface area (Å²) in [4.78, 5) is 10.9. The van der Waals surface area contributed by atoms with Crippen molar-refractivity contribution in [1.29, 1.82) is 0 Å². The van der Waals surface area contributed by atoms with Crippen LogP contribution in [0.3, 0.4) is 0 Å². The summed E-state index contributed by atoms with van der Waals surface area (Å²) in [6, 6.07) is 0. The maximum atomic E-state index is 10.9. The van der Waals surface area contributed by atoms with Crippen molar-refractivity contribution in [1.82, 2.24) is 0 Å². The normalized spacial score (nSPS) is 14.4. The lowest BCUT2D eigenvalue weighted by Gasteiger charge is -2.03. The van der Waals surface area contributed by atoms with Crippen molar-refractivity contribution in [2.24, 2.45) is 0 Å². The van der Waals surface area contributed by atoms with Crippen molar-refractivity contribution in [3.05, 3.63) is 11.8 Å². The van der Waals surface area contributed by atoms with Gasteiger partial charge in [-0.2, -0.15) is 0 Å². The van der Waals surface area contributed by atoms with Gasteiger partial charge in [0.25, 0.3) is 0 Å². The molecule has 0 bridgehead atoms. The molecule has 0 spiro atoms. The van der Waals surface area contributed by atoms with Crippen molar-refractivity contribution in [3.63, 3.8) is 0 Å². The van der Waals surface area contributed by atoms with E-state index in [-0.39, 0.29) is 5.97 Å². The minimum absolute atomic E-state index is 0.0843. The van der Waals surface area contributed by atoms with Crippen LogP contribution in [-0.4, -0.2) is 5.97 Å². The van der Waals surface area contributed by atoms with Crippen LogP contribution in [0.5, 0.6) is 0 Å².